The highest BCUT2D eigenvalue weighted by atomic mass is 127. The SMILES string of the molecule is O=C1C[C@H](Nc2ccc(N3CCOCC3)cc2)C(=O)N1c1ccc(I)cc1. The van der Waals surface area contributed by atoms with E-state index >= 15 is 0 Å². The van der Waals surface area contributed by atoms with Gasteiger partial charge in [0.05, 0.1) is 25.3 Å². The summed E-state index contributed by atoms with van der Waals surface area (Å²) in [5.74, 6) is -0.387. The van der Waals surface area contributed by atoms with E-state index in [-0.39, 0.29) is 18.2 Å². The molecule has 0 bridgehead atoms. The summed E-state index contributed by atoms with van der Waals surface area (Å²) in [6, 6.07) is 14.8. The number of halogens is 1. The van der Waals surface area contributed by atoms with Crippen LogP contribution in [0, 0.1) is 3.57 Å². The predicted molar refractivity (Wildman–Crippen MR) is 113 cm³/mol. The standard InChI is InChI=1S/C20H20IN3O3/c21-14-1-5-17(6-2-14)24-19(25)13-18(20(24)26)22-15-3-7-16(8-4-15)23-9-11-27-12-10-23/h1-8,18,22H,9-13H2/t18-/m0/s1. The third kappa shape index (κ3) is 3.93. The first-order chi connectivity index (χ1) is 13.1. The molecule has 140 valence electrons. The van der Waals surface area contributed by atoms with Crippen LogP contribution >= 0.6 is 22.6 Å². The lowest BCUT2D eigenvalue weighted by Crippen LogP contribution is -2.36. The third-order valence-corrected chi connectivity index (χ3v) is 5.54. The lowest BCUT2D eigenvalue weighted by molar-refractivity contribution is -0.121. The smallest absolute Gasteiger partial charge is 0.256 e. The van der Waals surface area contributed by atoms with Gasteiger partial charge in [-0.05, 0) is 71.1 Å². The highest BCUT2D eigenvalue weighted by Crippen LogP contribution is 2.26. The molecule has 0 radical (unpaired) electrons. The van der Waals surface area contributed by atoms with E-state index in [4.69, 9.17) is 4.74 Å². The Morgan fingerprint density at radius 2 is 1.56 bits per heavy atom. The third-order valence-electron chi connectivity index (χ3n) is 4.82. The van der Waals surface area contributed by atoms with Crippen molar-refractivity contribution in [3.05, 3.63) is 52.1 Å². The molecule has 0 spiro atoms. The van der Waals surface area contributed by atoms with Crippen LogP contribution in [-0.4, -0.2) is 44.2 Å². The maximum absolute atomic E-state index is 12.7. The summed E-state index contributed by atoms with van der Waals surface area (Å²) in [5.41, 5.74) is 2.60. The maximum atomic E-state index is 12.7. The molecule has 6 nitrogen and oxygen atoms in total. The summed E-state index contributed by atoms with van der Waals surface area (Å²) < 4.78 is 6.44. The number of carbonyl (C=O) groups is 2. The molecular weight excluding hydrogens is 457 g/mol. The van der Waals surface area contributed by atoms with Gasteiger partial charge in [0.2, 0.25) is 5.91 Å². The van der Waals surface area contributed by atoms with Crippen LogP contribution in [0.25, 0.3) is 0 Å². The Bertz CT molecular complexity index is 833. The number of hydrogen-bond donors (Lipinski definition) is 1. The van der Waals surface area contributed by atoms with Crippen molar-refractivity contribution in [3.8, 4) is 0 Å². The van der Waals surface area contributed by atoms with Crippen LogP contribution in [0.2, 0.25) is 0 Å². The van der Waals surface area contributed by atoms with Crippen LogP contribution in [-0.2, 0) is 14.3 Å². The van der Waals surface area contributed by atoms with E-state index in [2.05, 4.69) is 32.8 Å². The number of morpholine rings is 1. The van der Waals surface area contributed by atoms with E-state index in [1.54, 1.807) is 12.1 Å². The molecule has 1 N–H and O–H groups in total. The zero-order valence-corrected chi connectivity index (χ0v) is 16.9. The summed E-state index contributed by atoms with van der Waals surface area (Å²) >= 11 is 2.20. The van der Waals surface area contributed by atoms with Gasteiger partial charge < -0.3 is 15.0 Å². The maximum Gasteiger partial charge on any atom is 0.256 e. The van der Waals surface area contributed by atoms with Gasteiger partial charge in [-0.25, -0.2) is 4.90 Å². The van der Waals surface area contributed by atoms with E-state index in [1.165, 1.54) is 4.90 Å². The van der Waals surface area contributed by atoms with Crippen LogP contribution in [0.15, 0.2) is 48.5 Å². The van der Waals surface area contributed by atoms with Crippen molar-refractivity contribution < 1.29 is 14.3 Å². The van der Waals surface area contributed by atoms with Crippen molar-refractivity contribution in [2.75, 3.05) is 41.4 Å². The lowest BCUT2D eigenvalue weighted by Gasteiger charge is -2.29. The van der Waals surface area contributed by atoms with Crippen LogP contribution in [0.1, 0.15) is 6.42 Å². The molecule has 0 saturated carbocycles. The lowest BCUT2D eigenvalue weighted by atomic mass is 10.2. The molecule has 27 heavy (non-hydrogen) atoms. The average molecular weight is 477 g/mol. The molecule has 2 amide bonds. The highest BCUT2D eigenvalue weighted by molar-refractivity contribution is 14.1. The van der Waals surface area contributed by atoms with Gasteiger partial charge in [-0.2, -0.15) is 0 Å². The Hall–Kier alpha value is -2.13. The fraction of sp³-hybridized carbons (Fsp3) is 0.300. The Balaban J connectivity index is 1.44. The van der Waals surface area contributed by atoms with Gasteiger partial charge >= 0.3 is 0 Å². The van der Waals surface area contributed by atoms with Gasteiger partial charge in [0.15, 0.2) is 0 Å². The normalized spacial score (nSPS) is 20.3. The van der Waals surface area contributed by atoms with Gasteiger partial charge in [-0.3, -0.25) is 9.59 Å². The second-order valence-corrected chi connectivity index (χ2v) is 7.84. The Kier molecular flexibility index (Phi) is 5.31. The summed E-state index contributed by atoms with van der Waals surface area (Å²) in [4.78, 5) is 28.7. The van der Waals surface area contributed by atoms with Crippen molar-refractivity contribution in [2.45, 2.75) is 12.5 Å². The minimum absolute atomic E-state index is 0.163. The van der Waals surface area contributed by atoms with E-state index in [9.17, 15) is 9.59 Å². The Morgan fingerprint density at radius 3 is 2.22 bits per heavy atom. The minimum atomic E-state index is -0.536. The van der Waals surface area contributed by atoms with Crippen molar-refractivity contribution in [1.82, 2.24) is 0 Å². The number of hydrogen-bond acceptors (Lipinski definition) is 5. The number of anilines is 3. The summed E-state index contributed by atoms with van der Waals surface area (Å²) in [5, 5.41) is 3.21. The molecule has 4 rings (SSSR count). The largest absolute Gasteiger partial charge is 0.378 e. The molecule has 1 atom stereocenters. The first-order valence-corrected chi connectivity index (χ1v) is 10.0. The molecule has 2 saturated heterocycles. The van der Waals surface area contributed by atoms with E-state index in [0.29, 0.717) is 5.69 Å². The molecule has 7 heteroatoms. The average Bonchev–Trinajstić information content (AvgIpc) is 2.97. The molecule has 2 heterocycles. The van der Waals surface area contributed by atoms with E-state index in [1.807, 2.05) is 36.4 Å². The first-order valence-electron chi connectivity index (χ1n) is 8.93. The van der Waals surface area contributed by atoms with Crippen molar-refractivity contribution in [2.24, 2.45) is 0 Å². The van der Waals surface area contributed by atoms with Crippen molar-refractivity contribution >= 4 is 51.5 Å². The zero-order valence-electron chi connectivity index (χ0n) is 14.7. The number of ether oxygens (including phenoxy) is 1. The fourth-order valence-corrected chi connectivity index (χ4v) is 3.76. The van der Waals surface area contributed by atoms with Gasteiger partial charge in [0.25, 0.3) is 5.91 Å². The first kappa shape index (κ1) is 18.2. The molecule has 0 unspecified atom stereocenters. The summed E-state index contributed by atoms with van der Waals surface area (Å²) in [6.07, 6.45) is 0.163. The van der Waals surface area contributed by atoms with E-state index in [0.717, 1.165) is 41.2 Å². The highest BCUT2D eigenvalue weighted by Gasteiger charge is 2.39. The van der Waals surface area contributed by atoms with Crippen LogP contribution in [0.4, 0.5) is 17.1 Å². The van der Waals surface area contributed by atoms with Gasteiger partial charge in [-0.15, -0.1) is 0 Å². The molecule has 2 aliphatic rings. The number of imide groups is 1. The van der Waals surface area contributed by atoms with Crippen LogP contribution in [0.5, 0.6) is 0 Å². The topological polar surface area (TPSA) is 61.9 Å². The van der Waals surface area contributed by atoms with E-state index < -0.39 is 6.04 Å². The molecule has 2 aromatic carbocycles. The quantitative estimate of drug-likeness (QED) is 0.543. The monoisotopic (exact) mass is 477 g/mol. The second kappa shape index (κ2) is 7.85. The second-order valence-electron chi connectivity index (χ2n) is 6.59. The number of benzene rings is 2. The fourth-order valence-electron chi connectivity index (χ4n) is 3.40. The predicted octanol–water partition coefficient (Wildman–Crippen LogP) is 2.87. The Labute approximate surface area is 171 Å². The van der Waals surface area contributed by atoms with Gasteiger partial charge in [-0.1, -0.05) is 0 Å². The van der Waals surface area contributed by atoms with Crippen LogP contribution < -0.4 is 15.1 Å². The van der Waals surface area contributed by atoms with Crippen molar-refractivity contribution in [1.29, 1.82) is 0 Å². The summed E-state index contributed by atoms with van der Waals surface area (Å²) in [7, 11) is 0. The minimum Gasteiger partial charge on any atom is -0.378 e. The summed E-state index contributed by atoms with van der Waals surface area (Å²) in [6.45, 7) is 3.25. The van der Waals surface area contributed by atoms with Gasteiger partial charge in [0.1, 0.15) is 6.04 Å². The molecular formula is C20H20IN3O3. The molecule has 0 aromatic heterocycles. The van der Waals surface area contributed by atoms with Crippen LogP contribution in [0.3, 0.4) is 0 Å². The molecule has 2 fully saturated rings. The number of nitrogens with zero attached hydrogens (tertiary/aromatic N) is 2. The zero-order chi connectivity index (χ0) is 18.8. The van der Waals surface area contributed by atoms with Crippen molar-refractivity contribution in [3.63, 3.8) is 0 Å². The number of nitrogens with one attached hydrogen (secondary N) is 1. The molecule has 2 aromatic rings. The number of amides is 2. The van der Waals surface area contributed by atoms with Gasteiger partial charge in [0, 0.05) is 28.0 Å². The molecule has 0 aliphatic carbocycles. The molecule has 2 aliphatic heterocycles. The number of rotatable bonds is 4. The Morgan fingerprint density at radius 1 is 0.926 bits per heavy atom. The number of carbonyl (C=O) groups excluding carboxylic acids is 2.